The van der Waals surface area contributed by atoms with Crippen LogP contribution in [0.15, 0.2) is 52.2 Å². The lowest BCUT2D eigenvalue weighted by Gasteiger charge is -2.28. The van der Waals surface area contributed by atoms with Crippen LogP contribution in [-0.4, -0.2) is 68.6 Å². The van der Waals surface area contributed by atoms with Crippen molar-refractivity contribution in [2.24, 2.45) is 0 Å². The van der Waals surface area contributed by atoms with Gasteiger partial charge in [0.25, 0.3) is 12.1 Å². The number of carbonyl (C=O) groups excluding carboxylic acids is 1. The van der Waals surface area contributed by atoms with Gasteiger partial charge in [-0.3, -0.25) is 24.5 Å². The number of aromatic nitrogens is 2. The Bertz CT molecular complexity index is 1230. The average molecular weight is 558 g/mol. The van der Waals surface area contributed by atoms with Gasteiger partial charge in [0.05, 0.1) is 19.0 Å². The third kappa shape index (κ3) is 7.35. The third-order valence-corrected chi connectivity index (χ3v) is 8.11. The first kappa shape index (κ1) is 29.2. The van der Waals surface area contributed by atoms with Crippen LogP contribution in [0.2, 0.25) is 0 Å². The highest BCUT2D eigenvalue weighted by molar-refractivity contribution is 8.10. The Morgan fingerprint density at radius 1 is 1.27 bits per heavy atom. The van der Waals surface area contributed by atoms with Crippen LogP contribution >= 0.6 is 6.49 Å². The van der Waals surface area contributed by atoms with Gasteiger partial charge >= 0.3 is 11.7 Å². The molecule has 14 heteroatoms. The van der Waals surface area contributed by atoms with Crippen molar-refractivity contribution in [3.05, 3.63) is 63.4 Å². The number of aromatic amines is 1. The zero-order chi connectivity index (χ0) is 27.4. The molecule has 37 heavy (non-hydrogen) atoms. The average Bonchev–Trinajstić information content (AvgIpc) is 3.05. The summed E-state index contributed by atoms with van der Waals surface area (Å²) in [4.78, 5) is 38.0. The van der Waals surface area contributed by atoms with E-state index in [1.165, 1.54) is 13.1 Å². The maximum atomic E-state index is 12.2. The molecular formula is C23H32N3O9PS. The second kappa shape index (κ2) is 12.0. The van der Waals surface area contributed by atoms with Gasteiger partial charge in [-0.25, -0.2) is 4.79 Å². The van der Waals surface area contributed by atoms with Gasteiger partial charge in [-0.05, 0) is 51.6 Å². The summed E-state index contributed by atoms with van der Waals surface area (Å²) in [5.41, 5.74) is -3.32. The molecule has 1 aliphatic heterocycles. The van der Waals surface area contributed by atoms with E-state index in [9.17, 15) is 24.6 Å². The lowest BCUT2D eigenvalue weighted by molar-refractivity contribution is -0.149. The molecule has 4 N–H and O–H groups in total. The monoisotopic (exact) mass is 557 g/mol. The van der Waals surface area contributed by atoms with Crippen LogP contribution in [0.25, 0.3) is 0 Å². The van der Waals surface area contributed by atoms with Crippen molar-refractivity contribution in [2.75, 3.05) is 12.9 Å². The number of nitrogens with one attached hydrogen (secondary N) is 2. The van der Waals surface area contributed by atoms with E-state index in [2.05, 4.69) is 10.3 Å². The van der Waals surface area contributed by atoms with E-state index < -0.39 is 53.8 Å². The maximum Gasteiger partial charge on any atom is 0.330 e. The molecule has 204 valence electrons. The van der Waals surface area contributed by atoms with Crippen LogP contribution in [0.4, 0.5) is 0 Å². The summed E-state index contributed by atoms with van der Waals surface area (Å²) in [6, 6.07) is 9.14. The number of benzene rings is 1. The molecule has 1 aromatic heterocycles. The second-order valence-electron chi connectivity index (χ2n) is 9.10. The fourth-order valence-electron chi connectivity index (χ4n) is 3.59. The molecule has 0 amide bonds. The van der Waals surface area contributed by atoms with E-state index in [0.29, 0.717) is 5.75 Å². The summed E-state index contributed by atoms with van der Waals surface area (Å²) >= 11 is 5.72. The fraction of sp³-hybridized carbons (Fsp3) is 0.522. The van der Waals surface area contributed by atoms with Crippen LogP contribution < -0.4 is 21.1 Å². The first-order chi connectivity index (χ1) is 17.3. The number of esters is 1. The molecule has 0 saturated carbocycles. The minimum absolute atomic E-state index is 0.0202. The zero-order valence-corrected chi connectivity index (χ0v) is 22.6. The van der Waals surface area contributed by atoms with E-state index in [1.807, 2.05) is 6.07 Å². The molecule has 12 nitrogen and oxygen atoms in total. The van der Waals surface area contributed by atoms with Crippen LogP contribution in [0, 0.1) is 0 Å². The summed E-state index contributed by atoms with van der Waals surface area (Å²) in [5.74, 6) is -0.0151. The molecule has 0 radical (unpaired) electrons. The van der Waals surface area contributed by atoms with Gasteiger partial charge in [0.1, 0.15) is 29.6 Å². The van der Waals surface area contributed by atoms with Gasteiger partial charge < -0.3 is 28.7 Å². The van der Waals surface area contributed by atoms with Gasteiger partial charge in [-0.1, -0.05) is 18.2 Å². The maximum absolute atomic E-state index is 12.2. The summed E-state index contributed by atoms with van der Waals surface area (Å²) in [5, 5.41) is 24.7. The lowest BCUT2D eigenvalue weighted by atomic mass is 9.96. The van der Waals surface area contributed by atoms with Gasteiger partial charge in [0, 0.05) is 12.3 Å². The van der Waals surface area contributed by atoms with Gasteiger partial charge in [0.15, 0.2) is 6.23 Å². The topological polar surface area (TPSA) is 161 Å². The molecule has 1 saturated heterocycles. The Balaban J connectivity index is 1.76. The number of rotatable bonds is 11. The van der Waals surface area contributed by atoms with Crippen molar-refractivity contribution >= 4 is 24.3 Å². The Labute approximate surface area is 218 Å². The Morgan fingerprint density at radius 2 is 1.95 bits per heavy atom. The molecule has 0 aliphatic carbocycles. The van der Waals surface area contributed by atoms with Gasteiger partial charge in [-0.15, -0.1) is 0 Å². The van der Waals surface area contributed by atoms with Crippen molar-refractivity contribution < 1.29 is 33.5 Å². The molecule has 6 atom stereocenters. The van der Waals surface area contributed by atoms with Gasteiger partial charge in [0.2, 0.25) is 0 Å². The summed E-state index contributed by atoms with van der Waals surface area (Å²) in [6.07, 6.45) is -3.01. The molecule has 1 fully saturated rings. The molecule has 0 bridgehead atoms. The standard InChI is InChI=1S/C23H32N3O9PS/c1-14(2)33-20(29)15(3)24-13-36(37,35-16-8-6-5-7-9-16)32-12-17-19(28)23(4,31)21(34-17)26-11-10-18(27)25-22(26)30/h5-11,14-15,17,19,21,24,28,31H,12-13H2,1-4H3,(H,25,27,30)/t15-,17+,19+,21+,23+,36?/m0/s1. The zero-order valence-electron chi connectivity index (χ0n) is 20.9. The largest absolute Gasteiger partial charge is 0.462 e. The predicted octanol–water partition coefficient (Wildman–Crippen LogP) is 0.838. The highest BCUT2D eigenvalue weighted by Crippen LogP contribution is 2.49. The SMILES string of the molecule is CC(C)OC(=O)[C@H](C)NCP(=S)(OC[C@H]1O[C@@H](n2ccc(=O)[nH]c2=O)[C@](C)(O)[C@@H]1O)Oc1ccccc1. The number of hydrogen-bond donors (Lipinski definition) is 4. The number of carbonyl (C=O) groups is 1. The predicted molar refractivity (Wildman–Crippen MR) is 138 cm³/mol. The highest BCUT2D eigenvalue weighted by atomic mass is 32.5. The van der Waals surface area contributed by atoms with E-state index >= 15 is 0 Å². The molecule has 0 spiro atoms. The van der Waals surface area contributed by atoms with Crippen LogP contribution in [0.5, 0.6) is 5.75 Å². The van der Waals surface area contributed by atoms with Crippen molar-refractivity contribution in [1.82, 2.24) is 14.9 Å². The molecule has 2 heterocycles. The van der Waals surface area contributed by atoms with Crippen molar-refractivity contribution in [3.8, 4) is 5.75 Å². The molecule has 1 aromatic carbocycles. The van der Waals surface area contributed by atoms with E-state index in [1.54, 1.807) is 45.0 Å². The number of aliphatic hydroxyl groups is 2. The molecular weight excluding hydrogens is 525 g/mol. The Kier molecular flexibility index (Phi) is 9.46. The van der Waals surface area contributed by atoms with E-state index in [4.69, 9.17) is 30.3 Å². The van der Waals surface area contributed by atoms with Crippen molar-refractivity contribution in [3.63, 3.8) is 0 Å². The Morgan fingerprint density at radius 3 is 2.57 bits per heavy atom. The third-order valence-electron chi connectivity index (χ3n) is 5.58. The molecule has 2 aromatic rings. The second-order valence-corrected chi connectivity index (χ2v) is 12.7. The van der Waals surface area contributed by atoms with Crippen LogP contribution in [-0.2, 0) is 30.6 Å². The molecule has 3 rings (SSSR count). The number of para-hydroxylation sites is 1. The van der Waals surface area contributed by atoms with Crippen molar-refractivity contribution in [2.45, 2.75) is 63.9 Å². The number of hydrogen-bond acceptors (Lipinski definition) is 11. The van der Waals surface area contributed by atoms with E-state index in [0.717, 1.165) is 10.6 Å². The van der Waals surface area contributed by atoms with Crippen LogP contribution in [0.3, 0.4) is 0 Å². The number of ether oxygens (including phenoxy) is 2. The first-order valence-electron chi connectivity index (χ1n) is 11.6. The minimum Gasteiger partial charge on any atom is -0.462 e. The van der Waals surface area contributed by atoms with Gasteiger partial charge in [-0.2, -0.15) is 0 Å². The number of H-pyrrole nitrogens is 1. The summed E-state index contributed by atoms with van der Waals surface area (Å²) in [6.45, 7) is 2.96. The summed E-state index contributed by atoms with van der Waals surface area (Å²) < 4.78 is 23.9. The molecule has 1 unspecified atom stereocenters. The quantitative estimate of drug-likeness (QED) is 0.229. The summed E-state index contributed by atoms with van der Waals surface area (Å²) in [7, 11) is 0. The Hall–Kier alpha value is -2.38. The first-order valence-corrected chi connectivity index (χ1v) is 14.4. The highest BCUT2D eigenvalue weighted by Gasteiger charge is 2.53. The smallest absolute Gasteiger partial charge is 0.330 e. The fourth-order valence-corrected chi connectivity index (χ4v) is 5.78. The van der Waals surface area contributed by atoms with Crippen molar-refractivity contribution in [1.29, 1.82) is 0 Å². The normalized spacial score (nSPS) is 26.0. The number of nitrogens with zero attached hydrogens (tertiary/aromatic N) is 1. The minimum atomic E-state index is -3.17. The molecule has 1 aliphatic rings. The lowest BCUT2D eigenvalue weighted by Crippen LogP contribution is -2.46. The number of aliphatic hydroxyl groups excluding tert-OH is 1. The van der Waals surface area contributed by atoms with Crippen LogP contribution in [0.1, 0.15) is 33.9 Å². The van der Waals surface area contributed by atoms with E-state index in [-0.39, 0.29) is 19.0 Å².